The number of carbonyl (C=O) groups excluding carboxylic acids is 1. The normalized spacial score (nSPS) is 9.88. The van der Waals surface area contributed by atoms with E-state index in [4.69, 9.17) is 11.6 Å². The van der Waals surface area contributed by atoms with Crippen LogP contribution in [0.2, 0.25) is 5.02 Å². The number of phenolic OH excluding ortho intramolecular Hbond substituents is 1. The second-order valence-electron chi connectivity index (χ2n) is 3.40. The van der Waals surface area contributed by atoms with Crippen LogP contribution in [0.1, 0.15) is 19.8 Å². The van der Waals surface area contributed by atoms with Crippen LogP contribution in [0.15, 0.2) is 18.2 Å². The van der Waals surface area contributed by atoms with Gasteiger partial charge in [-0.1, -0.05) is 24.9 Å². The van der Waals surface area contributed by atoms with E-state index in [9.17, 15) is 9.90 Å². The van der Waals surface area contributed by atoms with Crippen LogP contribution < -0.4 is 10.6 Å². The Morgan fingerprint density at radius 3 is 2.88 bits per heavy atom. The number of unbranched alkanes of at least 4 members (excludes halogenated alkanes) is 1. The number of carbonyl (C=O) groups is 1. The third kappa shape index (κ3) is 3.98. The van der Waals surface area contributed by atoms with Crippen molar-refractivity contribution >= 4 is 23.3 Å². The zero-order valence-corrected chi connectivity index (χ0v) is 9.84. The van der Waals surface area contributed by atoms with Gasteiger partial charge in [-0.05, 0) is 24.6 Å². The summed E-state index contributed by atoms with van der Waals surface area (Å²) in [6, 6.07) is 4.25. The fourth-order valence-electron chi connectivity index (χ4n) is 1.14. The highest BCUT2D eigenvalue weighted by molar-refractivity contribution is 6.32. The van der Waals surface area contributed by atoms with Gasteiger partial charge in [0.2, 0.25) is 0 Å². The fourth-order valence-corrected chi connectivity index (χ4v) is 1.32. The number of rotatable bonds is 4. The van der Waals surface area contributed by atoms with Gasteiger partial charge in [0.1, 0.15) is 5.75 Å². The maximum Gasteiger partial charge on any atom is 0.319 e. The lowest BCUT2D eigenvalue weighted by molar-refractivity contribution is 0.252. The second-order valence-corrected chi connectivity index (χ2v) is 3.81. The Bertz CT molecular complexity index is 369. The molecule has 0 fully saturated rings. The third-order valence-electron chi connectivity index (χ3n) is 2.02. The molecule has 1 rings (SSSR count). The summed E-state index contributed by atoms with van der Waals surface area (Å²) in [4.78, 5) is 11.4. The number of urea groups is 1. The van der Waals surface area contributed by atoms with Gasteiger partial charge >= 0.3 is 6.03 Å². The van der Waals surface area contributed by atoms with Crippen molar-refractivity contribution in [2.45, 2.75) is 19.8 Å². The third-order valence-corrected chi connectivity index (χ3v) is 2.32. The minimum atomic E-state index is -0.268. The van der Waals surface area contributed by atoms with Gasteiger partial charge in [0.05, 0.1) is 5.02 Å². The molecule has 1 aromatic rings. The van der Waals surface area contributed by atoms with Crippen molar-refractivity contribution < 1.29 is 9.90 Å². The van der Waals surface area contributed by atoms with E-state index < -0.39 is 0 Å². The van der Waals surface area contributed by atoms with Gasteiger partial charge in [0.15, 0.2) is 0 Å². The van der Waals surface area contributed by atoms with Crippen molar-refractivity contribution in [2.75, 3.05) is 11.9 Å². The Hall–Kier alpha value is -1.42. The average molecular weight is 243 g/mol. The van der Waals surface area contributed by atoms with Crippen LogP contribution in [0, 0.1) is 0 Å². The SMILES string of the molecule is CCCCNC(=O)Nc1ccc(O)c(Cl)c1. The summed E-state index contributed by atoms with van der Waals surface area (Å²) in [6.07, 6.45) is 1.98. The summed E-state index contributed by atoms with van der Waals surface area (Å²) in [5, 5.41) is 14.7. The summed E-state index contributed by atoms with van der Waals surface area (Å²) in [5.74, 6) is -0.00129. The summed E-state index contributed by atoms with van der Waals surface area (Å²) >= 11 is 5.70. The van der Waals surface area contributed by atoms with Gasteiger partial charge < -0.3 is 15.7 Å². The minimum absolute atomic E-state index is 0.00129. The number of hydrogen-bond donors (Lipinski definition) is 3. The number of phenols is 1. The van der Waals surface area contributed by atoms with Crippen LogP contribution in [0.3, 0.4) is 0 Å². The molecule has 0 saturated carbocycles. The van der Waals surface area contributed by atoms with Gasteiger partial charge in [-0.15, -0.1) is 0 Å². The summed E-state index contributed by atoms with van der Waals surface area (Å²) in [7, 11) is 0. The Kier molecular flexibility index (Phi) is 4.92. The number of nitrogens with one attached hydrogen (secondary N) is 2. The molecule has 0 atom stereocenters. The molecule has 0 aliphatic heterocycles. The molecule has 5 heteroatoms. The molecule has 0 bridgehead atoms. The predicted molar refractivity (Wildman–Crippen MR) is 65.0 cm³/mol. The molecule has 0 heterocycles. The quantitative estimate of drug-likeness (QED) is 0.562. The Morgan fingerprint density at radius 1 is 1.50 bits per heavy atom. The van der Waals surface area contributed by atoms with Crippen LogP contribution in [-0.4, -0.2) is 17.7 Å². The highest BCUT2D eigenvalue weighted by atomic mass is 35.5. The van der Waals surface area contributed by atoms with Gasteiger partial charge in [0, 0.05) is 12.2 Å². The molecule has 0 radical (unpaired) electrons. The summed E-state index contributed by atoms with van der Waals surface area (Å²) in [6.45, 7) is 2.70. The smallest absolute Gasteiger partial charge is 0.319 e. The monoisotopic (exact) mass is 242 g/mol. The van der Waals surface area contributed by atoms with E-state index in [2.05, 4.69) is 17.6 Å². The molecule has 1 aromatic carbocycles. The first kappa shape index (κ1) is 12.6. The van der Waals surface area contributed by atoms with E-state index in [-0.39, 0.29) is 16.8 Å². The van der Waals surface area contributed by atoms with E-state index in [0.29, 0.717) is 12.2 Å². The molecule has 88 valence electrons. The topological polar surface area (TPSA) is 61.4 Å². The Morgan fingerprint density at radius 2 is 2.25 bits per heavy atom. The number of halogens is 1. The van der Waals surface area contributed by atoms with Crippen LogP contribution >= 0.6 is 11.6 Å². The van der Waals surface area contributed by atoms with E-state index >= 15 is 0 Å². The standard InChI is InChI=1S/C11H15ClN2O2/c1-2-3-6-13-11(16)14-8-4-5-10(15)9(12)7-8/h4-5,7,15H,2-3,6H2,1H3,(H2,13,14,16). The average Bonchev–Trinajstić information content (AvgIpc) is 2.24. The molecule has 3 N–H and O–H groups in total. The van der Waals surface area contributed by atoms with Crippen molar-refractivity contribution in [3.8, 4) is 5.75 Å². The van der Waals surface area contributed by atoms with Crippen LogP contribution in [-0.2, 0) is 0 Å². The van der Waals surface area contributed by atoms with Gasteiger partial charge in [-0.25, -0.2) is 4.79 Å². The first-order chi connectivity index (χ1) is 7.63. The van der Waals surface area contributed by atoms with E-state index in [1.54, 1.807) is 6.07 Å². The molecule has 0 saturated heterocycles. The first-order valence-electron chi connectivity index (χ1n) is 5.17. The van der Waals surface area contributed by atoms with E-state index in [1.165, 1.54) is 12.1 Å². The van der Waals surface area contributed by atoms with Crippen molar-refractivity contribution in [1.82, 2.24) is 5.32 Å². The number of aromatic hydroxyl groups is 1. The lowest BCUT2D eigenvalue weighted by Gasteiger charge is -2.07. The molecule has 4 nitrogen and oxygen atoms in total. The number of anilines is 1. The van der Waals surface area contributed by atoms with Gasteiger partial charge in [-0.3, -0.25) is 0 Å². The highest BCUT2D eigenvalue weighted by Crippen LogP contribution is 2.25. The zero-order valence-electron chi connectivity index (χ0n) is 9.09. The van der Waals surface area contributed by atoms with Crippen molar-refractivity contribution in [3.63, 3.8) is 0 Å². The van der Waals surface area contributed by atoms with Crippen LogP contribution in [0.5, 0.6) is 5.75 Å². The molecule has 2 amide bonds. The molecular formula is C11H15ClN2O2. The maximum absolute atomic E-state index is 11.4. The first-order valence-corrected chi connectivity index (χ1v) is 5.54. The molecule has 0 aromatic heterocycles. The van der Waals surface area contributed by atoms with Gasteiger partial charge in [0.25, 0.3) is 0 Å². The number of benzene rings is 1. The lowest BCUT2D eigenvalue weighted by Crippen LogP contribution is -2.29. The molecular weight excluding hydrogens is 228 g/mol. The number of hydrogen-bond acceptors (Lipinski definition) is 2. The summed E-state index contributed by atoms with van der Waals surface area (Å²) < 4.78 is 0. The zero-order chi connectivity index (χ0) is 12.0. The molecule has 16 heavy (non-hydrogen) atoms. The molecule has 0 spiro atoms. The van der Waals surface area contributed by atoms with Crippen molar-refractivity contribution in [1.29, 1.82) is 0 Å². The second kappa shape index (κ2) is 6.23. The molecule has 0 aliphatic carbocycles. The maximum atomic E-state index is 11.4. The van der Waals surface area contributed by atoms with Crippen LogP contribution in [0.4, 0.5) is 10.5 Å². The molecule has 0 unspecified atom stereocenters. The largest absolute Gasteiger partial charge is 0.506 e. The van der Waals surface area contributed by atoms with E-state index in [1.807, 2.05) is 0 Å². The minimum Gasteiger partial charge on any atom is -0.506 e. The number of amides is 2. The fraction of sp³-hybridized carbons (Fsp3) is 0.364. The van der Waals surface area contributed by atoms with E-state index in [0.717, 1.165) is 12.8 Å². The Balaban J connectivity index is 2.46. The van der Waals surface area contributed by atoms with Crippen LogP contribution in [0.25, 0.3) is 0 Å². The van der Waals surface area contributed by atoms with Crippen molar-refractivity contribution in [3.05, 3.63) is 23.2 Å². The highest BCUT2D eigenvalue weighted by Gasteiger charge is 2.03. The summed E-state index contributed by atoms with van der Waals surface area (Å²) in [5.41, 5.74) is 0.553. The predicted octanol–water partition coefficient (Wildman–Crippen LogP) is 2.97. The Labute approximate surface area is 99.6 Å². The van der Waals surface area contributed by atoms with Gasteiger partial charge in [-0.2, -0.15) is 0 Å². The molecule has 0 aliphatic rings. The van der Waals surface area contributed by atoms with Crippen molar-refractivity contribution in [2.24, 2.45) is 0 Å². The lowest BCUT2D eigenvalue weighted by atomic mass is 10.3.